The van der Waals surface area contributed by atoms with E-state index in [1.54, 1.807) is 13.2 Å². The van der Waals surface area contributed by atoms with Crippen LogP contribution in [0.5, 0.6) is 11.5 Å². The number of fused-ring (bicyclic) bond motifs is 1. The predicted octanol–water partition coefficient (Wildman–Crippen LogP) is 0.0173. The lowest BCUT2D eigenvalue weighted by Crippen LogP contribution is -3.00. The summed E-state index contributed by atoms with van der Waals surface area (Å²) in [5.41, 5.74) is 3.96. The number of halogens is 3. The molecule has 2 aromatic carbocycles. The van der Waals surface area contributed by atoms with Gasteiger partial charge in [0.1, 0.15) is 17.5 Å². The van der Waals surface area contributed by atoms with Crippen molar-refractivity contribution >= 4 is 45.2 Å². The van der Waals surface area contributed by atoms with Gasteiger partial charge in [0.05, 0.1) is 20.8 Å². The van der Waals surface area contributed by atoms with Crippen molar-refractivity contribution in [3.8, 4) is 11.5 Å². The molecule has 1 atom stereocenters. The van der Waals surface area contributed by atoms with Gasteiger partial charge in [-0.25, -0.2) is 0 Å². The van der Waals surface area contributed by atoms with E-state index < -0.39 is 0 Å². The highest BCUT2D eigenvalue weighted by Gasteiger charge is 2.24. The quantitative estimate of drug-likeness (QED) is 0.523. The Bertz CT molecular complexity index is 686. The smallest absolute Gasteiger partial charge is 0.145 e. The van der Waals surface area contributed by atoms with Crippen LogP contribution < -0.4 is 22.5 Å². The number of rotatable bonds is 3. The largest absolute Gasteiger partial charge is 1.00 e. The van der Waals surface area contributed by atoms with Crippen LogP contribution in [-0.4, -0.2) is 18.8 Å². The fraction of sp³-hybridized carbons (Fsp3) is 0.294. The number of aromatic hydroxyl groups is 1. The first kappa shape index (κ1) is 19.1. The zero-order valence-corrected chi connectivity index (χ0v) is 17.7. The highest BCUT2D eigenvalue weighted by molar-refractivity contribution is 14.1. The highest BCUT2D eigenvalue weighted by atomic mass is 127. The number of nitrogens with two attached hydrogens (primary N) is 1. The minimum Gasteiger partial charge on any atom is -1.00 e. The van der Waals surface area contributed by atoms with E-state index in [4.69, 9.17) is 4.74 Å². The average molecular weight is 558 g/mol. The molecule has 6 heteroatoms. The van der Waals surface area contributed by atoms with Crippen LogP contribution in [0.1, 0.15) is 22.7 Å². The van der Waals surface area contributed by atoms with Crippen molar-refractivity contribution in [3.63, 3.8) is 0 Å². The summed E-state index contributed by atoms with van der Waals surface area (Å²) >= 11 is 4.67. The Morgan fingerprint density at radius 2 is 1.91 bits per heavy atom. The van der Waals surface area contributed by atoms with Gasteiger partial charge in [-0.3, -0.25) is 0 Å². The minimum absolute atomic E-state index is 0. The molecule has 2 aromatic rings. The first-order valence-corrected chi connectivity index (χ1v) is 9.41. The molecule has 1 unspecified atom stereocenters. The molecule has 3 N–H and O–H groups in total. The Kier molecular flexibility index (Phi) is 6.82. The van der Waals surface area contributed by atoms with Crippen molar-refractivity contribution in [2.45, 2.75) is 18.9 Å². The minimum atomic E-state index is 0. The zero-order valence-electron chi connectivity index (χ0n) is 12.7. The van der Waals surface area contributed by atoms with Crippen molar-refractivity contribution < 1.29 is 27.6 Å². The van der Waals surface area contributed by atoms with Crippen LogP contribution in [0, 0.1) is 7.14 Å². The summed E-state index contributed by atoms with van der Waals surface area (Å²) in [4.78, 5) is 0. The molecular formula is C17H18ClI2NO2. The van der Waals surface area contributed by atoms with Gasteiger partial charge in [0.2, 0.25) is 0 Å². The molecule has 0 aliphatic carbocycles. The number of hydrogen-bond donors (Lipinski definition) is 2. The Hall–Kier alpha value is -0.250. The summed E-state index contributed by atoms with van der Waals surface area (Å²) in [6.07, 6.45) is 2.02. The second-order valence-electron chi connectivity index (χ2n) is 5.56. The van der Waals surface area contributed by atoms with E-state index in [0.717, 1.165) is 32.3 Å². The molecule has 3 nitrogen and oxygen atoms in total. The predicted molar refractivity (Wildman–Crippen MR) is 103 cm³/mol. The molecule has 124 valence electrons. The summed E-state index contributed by atoms with van der Waals surface area (Å²) in [5.74, 6) is 1.33. The van der Waals surface area contributed by atoms with Crippen LogP contribution in [0.15, 0.2) is 30.3 Å². The number of hydrogen-bond acceptors (Lipinski definition) is 2. The van der Waals surface area contributed by atoms with E-state index in [2.05, 4.69) is 68.7 Å². The van der Waals surface area contributed by atoms with Crippen molar-refractivity contribution in [1.82, 2.24) is 0 Å². The average Bonchev–Trinajstić information content (AvgIpc) is 2.47. The van der Waals surface area contributed by atoms with Gasteiger partial charge in [0.15, 0.2) is 0 Å². The van der Waals surface area contributed by atoms with Crippen LogP contribution in [-0.2, 0) is 12.8 Å². The van der Waals surface area contributed by atoms with E-state index in [9.17, 15) is 5.11 Å². The first-order valence-electron chi connectivity index (χ1n) is 7.25. The van der Waals surface area contributed by atoms with E-state index in [1.165, 1.54) is 16.7 Å². The standard InChI is InChI=1S/C17H17I2NO2.ClH/c1-22-17-14(18)6-10(7-15(17)19)8-16-13-3-2-12(21)9-11(13)4-5-20-16;/h2-3,6-7,9,16,20-21H,4-5,8H2,1H3;1H. The van der Waals surface area contributed by atoms with Gasteiger partial charge in [-0.15, -0.1) is 0 Å². The van der Waals surface area contributed by atoms with Crippen LogP contribution >= 0.6 is 45.2 Å². The lowest BCUT2D eigenvalue weighted by molar-refractivity contribution is -0.698. The second-order valence-corrected chi connectivity index (χ2v) is 7.89. The normalized spacial score (nSPS) is 16.4. The van der Waals surface area contributed by atoms with Crippen LogP contribution in [0.25, 0.3) is 0 Å². The summed E-state index contributed by atoms with van der Waals surface area (Å²) in [5, 5.41) is 12.1. The third kappa shape index (κ3) is 4.24. The van der Waals surface area contributed by atoms with E-state index in [0.29, 0.717) is 11.8 Å². The molecule has 0 radical (unpaired) electrons. The topological polar surface area (TPSA) is 46.1 Å². The molecular weight excluding hydrogens is 539 g/mol. The Labute approximate surface area is 169 Å². The molecule has 0 saturated heterocycles. The zero-order chi connectivity index (χ0) is 15.7. The summed E-state index contributed by atoms with van der Waals surface area (Å²) < 4.78 is 7.75. The third-order valence-electron chi connectivity index (χ3n) is 4.11. The fourth-order valence-electron chi connectivity index (χ4n) is 3.11. The van der Waals surface area contributed by atoms with Gasteiger partial charge in [0, 0.05) is 18.4 Å². The van der Waals surface area contributed by atoms with Gasteiger partial charge in [0.25, 0.3) is 0 Å². The molecule has 1 aliphatic rings. The van der Waals surface area contributed by atoms with Gasteiger partial charge in [-0.2, -0.15) is 0 Å². The monoisotopic (exact) mass is 557 g/mol. The molecule has 0 aromatic heterocycles. The van der Waals surface area contributed by atoms with Crippen molar-refractivity contribution in [3.05, 3.63) is 54.2 Å². The van der Waals surface area contributed by atoms with Crippen LogP contribution in [0.4, 0.5) is 0 Å². The van der Waals surface area contributed by atoms with Gasteiger partial charge < -0.3 is 27.6 Å². The van der Waals surface area contributed by atoms with Gasteiger partial charge >= 0.3 is 0 Å². The molecule has 0 amide bonds. The summed E-state index contributed by atoms with van der Waals surface area (Å²) in [6, 6.07) is 10.6. The molecule has 0 bridgehead atoms. The highest BCUT2D eigenvalue weighted by Crippen LogP contribution is 2.31. The fourth-order valence-corrected chi connectivity index (χ4v) is 5.45. The van der Waals surface area contributed by atoms with Crippen molar-refractivity contribution in [2.24, 2.45) is 0 Å². The number of ether oxygens (including phenoxy) is 1. The molecule has 0 fully saturated rings. The van der Waals surface area contributed by atoms with E-state index >= 15 is 0 Å². The summed E-state index contributed by atoms with van der Waals surface area (Å²) in [6.45, 7) is 1.07. The molecule has 0 spiro atoms. The lowest BCUT2D eigenvalue weighted by Gasteiger charge is -2.24. The number of methoxy groups -OCH3 is 1. The van der Waals surface area contributed by atoms with E-state index in [-0.39, 0.29) is 12.4 Å². The molecule has 3 rings (SSSR count). The number of quaternary nitrogens is 1. The SMILES string of the molecule is COc1c(I)cc(CC2[NH2+]CCc3cc(O)ccc32)cc1I.[Cl-]. The number of phenolic OH excluding ortho intramolecular Hbond substituents is 1. The van der Waals surface area contributed by atoms with Crippen LogP contribution in [0.3, 0.4) is 0 Å². The molecule has 1 heterocycles. The number of benzene rings is 2. The summed E-state index contributed by atoms with van der Waals surface area (Å²) in [7, 11) is 1.72. The maximum atomic E-state index is 9.67. The first-order chi connectivity index (χ1) is 10.6. The molecule has 0 saturated carbocycles. The Balaban J connectivity index is 0.00000192. The maximum absolute atomic E-state index is 9.67. The van der Waals surface area contributed by atoms with Crippen molar-refractivity contribution in [2.75, 3.05) is 13.7 Å². The van der Waals surface area contributed by atoms with Crippen molar-refractivity contribution in [1.29, 1.82) is 0 Å². The van der Waals surface area contributed by atoms with E-state index in [1.807, 2.05) is 6.07 Å². The number of phenols is 1. The Morgan fingerprint density at radius 3 is 2.57 bits per heavy atom. The van der Waals surface area contributed by atoms with Crippen LogP contribution in [0.2, 0.25) is 0 Å². The maximum Gasteiger partial charge on any atom is 0.145 e. The molecule has 23 heavy (non-hydrogen) atoms. The second kappa shape index (κ2) is 8.22. The lowest BCUT2D eigenvalue weighted by atomic mass is 9.90. The van der Waals surface area contributed by atoms with Gasteiger partial charge in [-0.1, -0.05) is 0 Å². The third-order valence-corrected chi connectivity index (χ3v) is 5.71. The Morgan fingerprint density at radius 1 is 1.22 bits per heavy atom. The molecule has 1 aliphatic heterocycles. The van der Waals surface area contributed by atoms with Gasteiger partial charge in [-0.05, 0) is 86.6 Å².